The molecule has 3 aromatic heterocycles. The number of nitrogens with one attached hydrogen (secondary N) is 1. The highest BCUT2D eigenvalue weighted by atomic mass is 16.6. The number of aromatic nitrogens is 5. The third kappa shape index (κ3) is 4.45. The summed E-state index contributed by atoms with van der Waals surface area (Å²) >= 11 is 0. The zero-order valence-electron chi connectivity index (χ0n) is 16.4. The van der Waals surface area contributed by atoms with E-state index in [9.17, 15) is 9.59 Å². The number of nitrogens with zero attached hydrogens (tertiary/aromatic N) is 5. The van der Waals surface area contributed by atoms with Gasteiger partial charge in [0.25, 0.3) is 0 Å². The van der Waals surface area contributed by atoms with Crippen molar-refractivity contribution in [3.8, 4) is 0 Å². The molecule has 0 saturated carbocycles. The summed E-state index contributed by atoms with van der Waals surface area (Å²) in [5, 5.41) is 2.62. The molecule has 0 aromatic carbocycles. The Kier molecular flexibility index (Phi) is 5.04. The van der Waals surface area contributed by atoms with Gasteiger partial charge in [0, 0.05) is 12.4 Å². The molecule has 3 heterocycles. The van der Waals surface area contributed by atoms with E-state index in [2.05, 4.69) is 25.0 Å². The first kappa shape index (κ1) is 19.3. The molecule has 0 bridgehead atoms. The summed E-state index contributed by atoms with van der Waals surface area (Å²) in [6, 6.07) is 0. The summed E-state index contributed by atoms with van der Waals surface area (Å²) in [6.07, 6.45) is 6.01. The number of rotatable bonds is 4. The molecule has 10 heteroatoms. The normalized spacial score (nSPS) is 11.5. The number of hydrogen-bond acceptors (Lipinski definition) is 7. The first-order valence-corrected chi connectivity index (χ1v) is 8.60. The van der Waals surface area contributed by atoms with Crippen LogP contribution in [-0.4, -0.2) is 48.7 Å². The van der Waals surface area contributed by atoms with Crippen LogP contribution in [0.3, 0.4) is 0 Å². The molecule has 10 nitrogen and oxygen atoms in total. The Morgan fingerprint density at radius 2 is 1.93 bits per heavy atom. The van der Waals surface area contributed by atoms with Crippen molar-refractivity contribution >= 4 is 23.5 Å². The number of esters is 1. The number of imidazole rings is 2. The molecular weight excluding hydrogens is 364 g/mol. The van der Waals surface area contributed by atoms with Crippen LogP contribution in [0.2, 0.25) is 0 Å². The van der Waals surface area contributed by atoms with Gasteiger partial charge in [0.2, 0.25) is 0 Å². The van der Waals surface area contributed by atoms with Crippen LogP contribution < -0.4 is 5.32 Å². The minimum Gasteiger partial charge on any atom is -0.464 e. The van der Waals surface area contributed by atoms with E-state index in [1.165, 1.54) is 13.4 Å². The lowest BCUT2D eigenvalue weighted by molar-refractivity contribution is 0.0592. The van der Waals surface area contributed by atoms with Crippen LogP contribution >= 0.6 is 0 Å². The minimum absolute atomic E-state index is 0.210. The predicted molar refractivity (Wildman–Crippen MR) is 100 cm³/mol. The average Bonchev–Trinajstić information content (AvgIpc) is 3.18. The van der Waals surface area contributed by atoms with Crippen molar-refractivity contribution < 1.29 is 19.1 Å². The Morgan fingerprint density at radius 3 is 2.61 bits per heavy atom. The summed E-state index contributed by atoms with van der Waals surface area (Å²) in [5.74, 6) is -0.158. The third-order valence-electron chi connectivity index (χ3n) is 3.62. The van der Waals surface area contributed by atoms with Crippen molar-refractivity contribution in [1.82, 2.24) is 23.9 Å². The molecule has 0 aliphatic rings. The molecule has 0 spiro atoms. The average molecular weight is 386 g/mol. The fraction of sp³-hybridized carbons (Fsp3) is 0.389. The number of carbonyl (C=O) groups excluding carboxylic acids is 2. The Bertz CT molecular complexity index is 1030. The zero-order chi connectivity index (χ0) is 20.5. The molecule has 3 rings (SSSR count). The molecule has 0 radical (unpaired) electrons. The van der Waals surface area contributed by atoms with Crippen molar-refractivity contribution in [2.24, 2.45) is 0 Å². The first-order valence-electron chi connectivity index (χ1n) is 8.60. The number of ether oxygens (including phenoxy) is 2. The number of amides is 1. The molecular formula is C18H22N6O4. The number of methoxy groups -OCH3 is 1. The van der Waals surface area contributed by atoms with Crippen LogP contribution in [0.15, 0.2) is 24.9 Å². The topological polar surface area (TPSA) is 113 Å². The molecule has 1 amide bonds. The number of anilines is 1. The number of aryl methyl sites for hydroxylation is 1. The van der Waals surface area contributed by atoms with E-state index in [0.717, 1.165) is 5.69 Å². The van der Waals surface area contributed by atoms with Crippen LogP contribution in [0.4, 0.5) is 10.6 Å². The quantitative estimate of drug-likeness (QED) is 0.685. The number of hydrogen-bond donors (Lipinski definition) is 1. The lowest BCUT2D eigenvalue weighted by atomic mass is 10.2. The van der Waals surface area contributed by atoms with Gasteiger partial charge in [-0.05, 0) is 27.7 Å². The maximum atomic E-state index is 12.0. The Morgan fingerprint density at radius 1 is 1.18 bits per heavy atom. The molecule has 148 valence electrons. The van der Waals surface area contributed by atoms with Crippen LogP contribution in [0.1, 0.15) is 42.6 Å². The van der Waals surface area contributed by atoms with Gasteiger partial charge in [0.1, 0.15) is 11.3 Å². The number of fused-ring (bicyclic) bond motifs is 1. The van der Waals surface area contributed by atoms with Gasteiger partial charge in [-0.25, -0.2) is 19.6 Å². The van der Waals surface area contributed by atoms with Gasteiger partial charge in [0.05, 0.1) is 31.9 Å². The van der Waals surface area contributed by atoms with Crippen LogP contribution in [0.5, 0.6) is 0 Å². The molecule has 0 fully saturated rings. The van der Waals surface area contributed by atoms with Crippen LogP contribution in [0.25, 0.3) is 5.65 Å². The molecule has 28 heavy (non-hydrogen) atoms. The monoisotopic (exact) mass is 386 g/mol. The van der Waals surface area contributed by atoms with E-state index in [1.54, 1.807) is 48.3 Å². The highest BCUT2D eigenvalue weighted by molar-refractivity contribution is 5.86. The second-order valence-corrected chi connectivity index (χ2v) is 7.24. The van der Waals surface area contributed by atoms with E-state index in [-0.39, 0.29) is 5.69 Å². The molecule has 0 aliphatic carbocycles. The maximum absolute atomic E-state index is 12.0. The molecule has 0 aliphatic heterocycles. The first-order chi connectivity index (χ1) is 13.1. The Balaban J connectivity index is 1.86. The lowest BCUT2D eigenvalue weighted by Gasteiger charge is -2.18. The van der Waals surface area contributed by atoms with E-state index in [4.69, 9.17) is 4.74 Å². The van der Waals surface area contributed by atoms with E-state index in [1.807, 2.05) is 6.92 Å². The van der Waals surface area contributed by atoms with E-state index < -0.39 is 17.7 Å². The summed E-state index contributed by atoms with van der Waals surface area (Å²) in [4.78, 5) is 36.6. The highest BCUT2D eigenvalue weighted by Crippen LogP contribution is 2.16. The van der Waals surface area contributed by atoms with Gasteiger partial charge < -0.3 is 18.4 Å². The van der Waals surface area contributed by atoms with E-state index >= 15 is 0 Å². The predicted octanol–water partition coefficient (Wildman–Crippen LogP) is 2.42. The molecule has 0 atom stereocenters. The largest absolute Gasteiger partial charge is 0.464 e. The van der Waals surface area contributed by atoms with Crippen molar-refractivity contribution in [3.05, 3.63) is 42.0 Å². The fourth-order valence-corrected chi connectivity index (χ4v) is 2.60. The minimum atomic E-state index is -0.606. The summed E-state index contributed by atoms with van der Waals surface area (Å²) in [5.41, 5.74) is 1.61. The lowest BCUT2D eigenvalue weighted by Crippen LogP contribution is -2.27. The van der Waals surface area contributed by atoms with Gasteiger partial charge in [-0.15, -0.1) is 0 Å². The van der Waals surface area contributed by atoms with Crippen LogP contribution in [0, 0.1) is 6.92 Å². The van der Waals surface area contributed by atoms with Gasteiger partial charge in [-0.1, -0.05) is 0 Å². The smallest absolute Gasteiger partial charge is 0.413 e. The highest BCUT2D eigenvalue weighted by Gasteiger charge is 2.18. The molecule has 3 aromatic rings. The van der Waals surface area contributed by atoms with Crippen molar-refractivity contribution in [3.63, 3.8) is 0 Å². The van der Waals surface area contributed by atoms with Crippen LogP contribution in [-0.2, 0) is 16.0 Å². The second-order valence-electron chi connectivity index (χ2n) is 7.24. The van der Waals surface area contributed by atoms with Gasteiger partial charge in [-0.2, -0.15) is 0 Å². The maximum Gasteiger partial charge on any atom is 0.413 e. The molecule has 0 saturated heterocycles. The Labute approximate surface area is 161 Å². The number of carbonyl (C=O) groups is 2. The SMILES string of the molecule is COC(=O)c1cn(Cc2nc(C)cn3cc(NC(=O)OC(C)(C)C)nc23)cn1. The third-order valence-corrected chi connectivity index (χ3v) is 3.62. The standard InChI is InChI=1S/C18H22N6O4/c1-11-6-24-9-14(22-17(26)28-18(2,3)4)21-15(24)12(20-11)7-23-8-13(19-10-23)16(25)27-5/h6,8-10H,7H2,1-5H3,(H,22,26). The fourth-order valence-electron chi connectivity index (χ4n) is 2.60. The summed E-state index contributed by atoms with van der Waals surface area (Å²) < 4.78 is 13.4. The van der Waals surface area contributed by atoms with Crippen molar-refractivity contribution in [2.45, 2.75) is 39.8 Å². The van der Waals surface area contributed by atoms with E-state index in [0.29, 0.717) is 23.7 Å². The van der Waals surface area contributed by atoms with Crippen molar-refractivity contribution in [2.75, 3.05) is 12.4 Å². The Hall–Kier alpha value is -3.43. The van der Waals surface area contributed by atoms with Gasteiger partial charge >= 0.3 is 12.1 Å². The molecule has 0 unspecified atom stereocenters. The van der Waals surface area contributed by atoms with Gasteiger partial charge in [0.15, 0.2) is 17.2 Å². The van der Waals surface area contributed by atoms with Crippen molar-refractivity contribution in [1.29, 1.82) is 0 Å². The molecule has 1 N–H and O–H groups in total. The summed E-state index contributed by atoms with van der Waals surface area (Å²) in [7, 11) is 1.30. The zero-order valence-corrected chi connectivity index (χ0v) is 16.4. The summed E-state index contributed by atoms with van der Waals surface area (Å²) in [6.45, 7) is 7.57. The van der Waals surface area contributed by atoms with Gasteiger partial charge in [-0.3, -0.25) is 10.3 Å². The second kappa shape index (κ2) is 7.29.